The monoisotopic (exact) mass is 270 g/mol. The molecule has 1 aliphatic rings. The largest absolute Gasteiger partial charge is 0.390 e. The molecule has 1 N–H and O–H groups in total. The van der Waals surface area contributed by atoms with Crippen LogP contribution < -0.4 is 0 Å². The quantitative estimate of drug-likeness (QED) is 0.911. The van der Waals surface area contributed by atoms with E-state index in [-0.39, 0.29) is 0 Å². The number of rotatable bonds is 2. The van der Waals surface area contributed by atoms with E-state index < -0.39 is 5.60 Å². The summed E-state index contributed by atoms with van der Waals surface area (Å²) in [5.74, 6) is 0. The predicted octanol–water partition coefficient (Wildman–Crippen LogP) is 2.97. The van der Waals surface area contributed by atoms with Crippen molar-refractivity contribution in [2.24, 2.45) is 0 Å². The lowest BCUT2D eigenvalue weighted by Crippen LogP contribution is -2.28. The van der Waals surface area contributed by atoms with Gasteiger partial charge in [-0.15, -0.1) is 0 Å². The van der Waals surface area contributed by atoms with Crippen molar-refractivity contribution < 1.29 is 5.11 Å². The highest BCUT2D eigenvalue weighted by Gasteiger charge is 2.24. The Morgan fingerprint density at radius 3 is 2.95 bits per heavy atom. The van der Waals surface area contributed by atoms with Gasteiger partial charge in [0.1, 0.15) is 0 Å². The molecule has 0 amide bonds. The molecule has 1 unspecified atom stereocenters. The molecular weight excluding hydrogens is 248 g/mol. The number of hydrogen-bond acceptors (Lipinski definition) is 3. The Kier molecular flexibility index (Phi) is 3.72. The van der Waals surface area contributed by atoms with Gasteiger partial charge in [-0.3, -0.25) is 9.88 Å². The van der Waals surface area contributed by atoms with Gasteiger partial charge in [0.05, 0.1) is 11.1 Å². The molecule has 0 spiro atoms. The second-order valence-corrected chi connectivity index (χ2v) is 6.11. The van der Waals surface area contributed by atoms with Crippen LogP contribution in [0.15, 0.2) is 36.5 Å². The van der Waals surface area contributed by atoms with Gasteiger partial charge >= 0.3 is 0 Å². The van der Waals surface area contributed by atoms with Crippen molar-refractivity contribution in [2.75, 3.05) is 13.1 Å². The Bertz CT molecular complexity index is 589. The summed E-state index contributed by atoms with van der Waals surface area (Å²) in [6, 6.07) is 10.4. The fraction of sp³-hybridized carbons (Fsp3) is 0.471. The fourth-order valence-electron chi connectivity index (χ4n) is 3.01. The lowest BCUT2D eigenvalue weighted by Gasteiger charge is -2.22. The molecule has 106 valence electrons. The van der Waals surface area contributed by atoms with Crippen LogP contribution in [0, 0.1) is 0 Å². The van der Waals surface area contributed by atoms with Gasteiger partial charge in [0.15, 0.2) is 0 Å². The van der Waals surface area contributed by atoms with Gasteiger partial charge in [0, 0.05) is 24.7 Å². The number of aliphatic hydroxyl groups is 1. The zero-order valence-corrected chi connectivity index (χ0v) is 12.0. The summed E-state index contributed by atoms with van der Waals surface area (Å²) in [7, 11) is 0. The minimum atomic E-state index is -0.491. The molecule has 1 saturated heterocycles. The molecule has 0 bridgehead atoms. The Morgan fingerprint density at radius 2 is 2.05 bits per heavy atom. The van der Waals surface area contributed by atoms with Crippen LogP contribution in [-0.4, -0.2) is 33.7 Å². The number of nitrogens with zero attached hydrogens (tertiary/aromatic N) is 2. The van der Waals surface area contributed by atoms with Crippen molar-refractivity contribution in [3.63, 3.8) is 0 Å². The van der Waals surface area contributed by atoms with E-state index in [0.29, 0.717) is 0 Å². The Balaban J connectivity index is 1.79. The third-order valence-electron chi connectivity index (χ3n) is 4.29. The van der Waals surface area contributed by atoms with Gasteiger partial charge in [0.25, 0.3) is 0 Å². The Morgan fingerprint density at radius 1 is 1.20 bits per heavy atom. The topological polar surface area (TPSA) is 36.4 Å². The van der Waals surface area contributed by atoms with E-state index >= 15 is 0 Å². The minimum absolute atomic E-state index is 0.491. The van der Waals surface area contributed by atoms with E-state index in [9.17, 15) is 5.11 Å². The summed E-state index contributed by atoms with van der Waals surface area (Å²) >= 11 is 0. The average Bonchev–Trinajstić information content (AvgIpc) is 2.61. The molecule has 3 nitrogen and oxygen atoms in total. The van der Waals surface area contributed by atoms with Crippen molar-refractivity contribution >= 4 is 10.9 Å². The smallest absolute Gasteiger partial charge is 0.0705 e. The first-order chi connectivity index (χ1) is 9.64. The molecule has 2 heterocycles. The number of benzene rings is 1. The highest BCUT2D eigenvalue weighted by Crippen LogP contribution is 2.24. The highest BCUT2D eigenvalue weighted by molar-refractivity contribution is 5.81. The molecule has 2 aromatic rings. The molecule has 1 aromatic heterocycles. The average molecular weight is 270 g/mol. The van der Waals surface area contributed by atoms with Crippen molar-refractivity contribution in [1.82, 2.24) is 9.88 Å². The van der Waals surface area contributed by atoms with Gasteiger partial charge in [-0.25, -0.2) is 0 Å². The number of fused-ring (bicyclic) bond motifs is 1. The first kappa shape index (κ1) is 13.5. The van der Waals surface area contributed by atoms with Crippen molar-refractivity contribution in [3.05, 3.63) is 42.1 Å². The number of pyridine rings is 1. The SMILES string of the molecule is CC1(O)CCCN(Cc2ccnc3ccccc23)CC1. The maximum Gasteiger partial charge on any atom is 0.0705 e. The van der Waals surface area contributed by atoms with Crippen LogP contribution in [0.2, 0.25) is 0 Å². The van der Waals surface area contributed by atoms with Crippen molar-refractivity contribution in [3.8, 4) is 0 Å². The molecule has 0 radical (unpaired) electrons. The molecule has 3 heteroatoms. The van der Waals surface area contributed by atoms with Gasteiger partial charge in [-0.2, -0.15) is 0 Å². The minimum Gasteiger partial charge on any atom is -0.390 e. The molecule has 0 saturated carbocycles. The fourth-order valence-corrected chi connectivity index (χ4v) is 3.01. The van der Waals surface area contributed by atoms with Gasteiger partial charge < -0.3 is 5.11 Å². The van der Waals surface area contributed by atoms with Crippen LogP contribution in [0.1, 0.15) is 31.7 Å². The summed E-state index contributed by atoms with van der Waals surface area (Å²) in [5, 5.41) is 11.4. The van der Waals surface area contributed by atoms with E-state index in [1.807, 2.05) is 19.2 Å². The normalized spacial score (nSPS) is 24.7. The predicted molar refractivity (Wildman–Crippen MR) is 81.5 cm³/mol. The molecular formula is C17H22N2O. The lowest BCUT2D eigenvalue weighted by molar-refractivity contribution is 0.0444. The van der Waals surface area contributed by atoms with Crippen LogP contribution in [0.25, 0.3) is 10.9 Å². The van der Waals surface area contributed by atoms with Crippen molar-refractivity contribution in [1.29, 1.82) is 0 Å². The standard InChI is InChI=1S/C17H22N2O/c1-17(20)8-4-11-19(12-9-17)13-14-7-10-18-16-6-3-2-5-15(14)16/h2-3,5-7,10,20H,4,8-9,11-13H2,1H3. The van der Waals surface area contributed by atoms with Gasteiger partial charge in [0.2, 0.25) is 0 Å². The summed E-state index contributed by atoms with van der Waals surface area (Å²) in [5.41, 5.74) is 1.90. The van der Waals surface area contributed by atoms with E-state index in [1.165, 1.54) is 10.9 Å². The molecule has 1 aliphatic heterocycles. The summed E-state index contributed by atoms with van der Waals surface area (Å²) < 4.78 is 0. The molecule has 1 atom stereocenters. The van der Waals surface area contributed by atoms with Gasteiger partial charge in [-0.1, -0.05) is 18.2 Å². The number of likely N-dealkylation sites (tertiary alicyclic amines) is 1. The molecule has 0 aliphatic carbocycles. The van der Waals surface area contributed by atoms with E-state index in [4.69, 9.17) is 0 Å². The molecule has 1 aromatic carbocycles. The Labute approximate surface area is 120 Å². The van der Waals surface area contributed by atoms with Crippen LogP contribution in [-0.2, 0) is 6.54 Å². The van der Waals surface area contributed by atoms with Crippen molar-refractivity contribution in [2.45, 2.75) is 38.3 Å². The number of para-hydroxylation sites is 1. The second-order valence-electron chi connectivity index (χ2n) is 6.11. The van der Waals surface area contributed by atoms with E-state index in [0.717, 1.165) is 44.4 Å². The summed E-state index contributed by atoms with van der Waals surface area (Å²) in [6.07, 6.45) is 4.72. The lowest BCUT2D eigenvalue weighted by atomic mass is 9.98. The summed E-state index contributed by atoms with van der Waals surface area (Å²) in [6.45, 7) is 4.92. The summed E-state index contributed by atoms with van der Waals surface area (Å²) in [4.78, 5) is 6.87. The zero-order valence-electron chi connectivity index (χ0n) is 12.0. The first-order valence-corrected chi connectivity index (χ1v) is 7.41. The third-order valence-corrected chi connectivity index (χ3v) is 4.29. The molecule has 20 heavy (non-hydrogen) atoms. The van der Waals surface area contributed by atoms with Gasteiger partial charge in [-0.05, 0) is 50.4 Å². The maximum atomic E-state index is 10.2. The second kappa shape index (κ2) is 5.51. The van der Waals surface area contributed by atoms with Crippen LogP contribution in [0.3, 0.4) is 0 Å². The van der Waals surface area contributed by atoms with Crippen LogP contribution in [0.4, 0.5) is 0 Å². The molecule has 3 rings (SSSR count). The third kappa shape index (κ3) is 3.00. The number of hydrogen-bond donors (Lipinski definition) is 1. The van der Waals surface area contributed by atoms with E-state index in [2.05, 4.69) is 34.1 Å². The number of aromatic nitrogens is 1. The van der Waals surface area contributed by atoms with Crippen LogP contribution in [0.5, 0.6) is 0 Å². The highest BCUT2D eigenvalue weighted by atomic mass is 16.3. The van der Waals surface area contributed by atoms with Crippen LogP contribution >= 0.6 is 0 Å². The van der Waals surface area contributed by atoms with E-state index in [1.54, 1.807) is 0 Å². The zero-order chi connectivity index (χ0) is 14.0. The first-order valence-electron chi connectivity index (χ1n) is 7.41. The maximum absolute atomic E-state index is 10.2. The Hall–Kier alpha value is -1.45. The molecule has 1 fully saturated rings.